The second-order valence-corrected chi connectivity index (χ2v) is 7.68. The van der Waals surface area contributed by atoms with Gasteiger partial charge < -0.3 is 5.32 Å². The Bertz CT molecular complexity index is 1110. The van der Waals surface area contributed by atoms with Crippen LogP contribution in [0.15, 0.2) is 36.7 Å². The Morgan fingerprint density at radius 3 is 2.74 bits per heavy atom. The fourth-order valence-electron chi connectivity index (χ4n) is 3.54. The summed E-state index contributed by atoms with van der Waals surface area (Å²) in [6.07, 6.45) is 2.68. The molecule has 0 aliphatic carbocycles. The first-order chi connectivity index (χ1) is 14.9. The van der Waals surface area contributed by atoms with E-state index in [1.807, 2.05) is 17.7 Å². The van der Waals surface area contributed by atoms with E-state index in [0.29, 0.717) is 17.8 Å². The third-order valence-electron chi connectivity index (χ3n) is 4.94. The van der Waals surface area contributed by atoms with Gasteiger partial charge in [0.15, 0.2) is 5.82 Å². The number of hydrogen-bond acceptors (Lipinski definition) is 6. The van der Waals surface area contributed by atoms with Gasteiger partial charge in [0.2, 0.25) is 11.8 Å². The first-order valence-electron chi connectivity index (χ1n) is 9.98. The number of rotatable bonds is 5. The van der Waals surface area contributed by atoms with Crippen LogP contribution in [0, 0.1) is 18.7 Å². The summed E-state index contributed by atoms with van der Waals surface area (Å²) in [7, 11) is 0. The maximum atomic E-state index is 13.3. The molecule has 0 bridgehead atoms. The van der Waals surface area contributed by atoms with E-state index in [-0.39, 0.29) is 36.4 Å². The summed E-state index contributed by atoms with van der Waals surface area (Å²) in [6.45, 7) is 5.33. The topological polar surface area (TPSA) is 106 Å². The molecule has 0 saturated heterocycles. The lowest BCUT2D eigenvalue weighted by Crippen LogP contribution is -2.41. The highest BCUT2D eigenvalue weighted by Gasteiger charge is 2.27. The highest BCUT2D eigenvalue weighted by atomic mass is 19.1. The molecule has 1 unspecified atom stereocenters. The Morgan fingerprint density at radius 1 is 1.16 bits per heavy atom. The van der Waals surface area contributed by atoms with Crippen LogP contribution in [0.5, 0.6) is 0 Å². The molecule has 1 aliphatic rings. The maximum Gasteiger partial charge on any atom is 0.228 e. The zero-order valence-electron chi connectivity index (χ0n) is 17.2. The summed E-state index contributed by atoms with van der Waals surface area (Å²) in [5, 5.41) is 15.0. The molecule has 1 N–H and O–H groups in total. The molecule has 4 heterocycles. The van der Waals surface area contributed by atoms with Crippen LogP contribution in [0.3, 0.4) is 0 Å². The minimum atomic E-state index is -0.470. The summed E-state index contributed by atoms with van der Waals surface area (Å²) in [5.41, 5.74) is 1.78. The van der Waals surface area contributed by atoms with E-state index in [9.17, 15) is 14.0 Å². The van der Waals surface area contributed by atoms with Gasteiger partial charge in [-0.25, -0.2) is 9.07 Å². The smallest absolute Gasteiger partial charge is 0.228 e. The lowest BCUT2D eigenvalue weighted by molar-refractivity contribution is -0.122. The molecule has 3 aromatic rings. The van der Waals surface area contributed by atoms with Crippen molar-refractivity contribution < 1.29 is 14.0 Å². The van der Waals surface area contributed by atoms with Crippen molar-refractivity contribution in [3.05, 3.63) is 48.2 Å². The average molecular weight is 423 g/mol. The third-order valence-corrected chi connectivity index (χ3v) is 4.94. The van der Waals surface area contributed by atoms with Gasteiger partial charge in [-0.3, -0.25) is 19.5 Å². The fraction of sp³-hybridized carbons (Fsp3) is 0.333. The number of halogens is 1. The Balaban J connectivity index is 1.34. The summed E-state index contributed by atoms with van der Waals surface area (Å²) < 4.78 is 15.1. The number of carbonyl (C=O) groups is 2. The summed E-state index contributed by atoms with van der Waals surface area (Å²) >= 11 is 0. The van der Waals surface area contributed by atoms with Crippen LogP contribution in [0.25, 0.3) is 11.3 Å². The van der Waals surface area contributed by atoms with Gasteiger partial charge in [0, 0.05) is 43.8 Å². The highest BCUT2D eigenvalue weighted by Crippen LogP contribution is 2.25. The van der Waals surface area contributed by atoms with Crippen molar-refractivity contribution in [3.63, 3.8) is 0 Å². The molecule has 3 aromatic heterocycles. The molecule has 0 saturated carbocycles. The third kappa shape index (κ3) is 4.73. The molecule has 4 rings (SSSR count). The number of fused-ring (bicyclic) bond motifs is 1. The summed E-state index contributed by atoms with van der Waals surface area (Å²) in [4.78, 5) is 30.5. The van der Waals surface area contributed by atoms with Gasteiger partial charge >= 0.3 is 0 Å². The average Bonchev–Trinajstić information content (AvgIpc) is 3.11. The van der Waals surface area contributed by atoms with Gasteiger partial charge in [-0.05, 0) is 31.0 Å². The van der Waals surface area contributed by atoms with Crippen molar-refractivity contribution in [3.8, 4) is 11.3 Å². The Morgan fingerprint density at radius 2 is 2.00 bits per heavy atom. The predicted molar refractivity (Wildman–Crippen MR) is 112 cm³/mol. The number of amides is 2. The van der Waals surface area contributed by atoms with Gasteiger partial charge in [-0.2, -0.15) is 5.10 Å². The van der Waals surface area contributed by atoms with E-state index in [4.69, 9.17) is 0 Å². The molecule has 0 fully saturated rings. The van der Waals surface area contributed by atoms with Crippen molar-refractivity contribution in [1.82, 2.24) is 25.0 Å². The standard InChI is InChI=1S/C21H22FN7O2/c1-13-11-28(20-7-14(2)27-29(20)12-13)21(31)6-5-19(30)24-18-4-3-17(25-26-18)15-8-16(22)10-23-9-15/h3-4,7-10,13H,5-6,11-12H2,1-2H3,(H,24,26,30). The molecule has 31 heavy (non-hydrogen) atoms. The van der Waals surface area contributed by atoms with Crippen molar-refractivity contribution in [2.45, 2.75) is 33.2 Å². The first kappa shape index (κ1) is 20.6. The van der Waals surface area contributed by atoms with E-state index in [2.05, 4.69) is 32.5 Å². The number of aryl methyl sites for hydroxylation is 1. The lowest BCUT2D eigenvalue weighted by atomic mass is 10.1. The molecular formula is C21H22FN7O2. The zero-order valence-corrected chi connectivity index (χ0v) is 17.2. The predicted octanol–water partition coefficient (Wildman–Crippen LogP) is 2.58. The molecule has 9 nitrogen and oxygen atoms in total. The molecule has 0 radical (unpaired) electrons. The van der Waals surface area contributed by atoms with E-state index >= 15 is 0 Å². The minimum Gasteiger partial charge on any atom is -0.309 e. The van der Waals surface area contributed by atoms with E-state index < -0.39 is 5.82 Å². The van der Waals surface area contributed by atoms with Crippen LogP contribution in [-0.2, 0) is 16.1 Å². The van der Waals surface area contributed by atoms with Crippen LogP contribution < -0.4 is 10.2 Å². The quantitative estimate of drug-likeness (QED) is 0.676. The van der Waals surface area contributed by atoms with Gasteiger partial charge in [0.25, 0.3) is 0 Å². The molecule has 2 amide bonds. The number of nitrogens with zero attached hydrogens (tertiary/aromatic N) is 6. The van der Waals surface area contributed by atoms with E-state index in [0.717, 1.165) is 24.3 Å². The fourth-order valence-corrected chi connectivity index (χ4v) is 3.54. The van der Waals surface area contributed by atoms with E-state index in [1.165, 1.54) is 12.3 Å². The zero-order chi connectivity index (χ0) is 22.0. The highest BCUT2D eigenvalue weighted by molar-refractivity contribution is 5.97. The summed E-state index contributed by atoms with van der Waals surface area (Å²) in [6, 6.07) is 6.37. The van der Waals surface area contributed by atoms with Crippen molar-refractivity contribution in [1.29, 1.82) is 0 Å². The van der Waals surface area contributed by atoms with Crippen LogP contribution in [0.2, 0.25) is 0 Å². The Labute approximate surface area is 178 Å². The Hall–Kier alpha value is -3.69. The normalized spacial score (nSPS) is 15.5. The van der Waals surface area contributed by atoms with Crippen molar-refractivity contribution in [2.24, 2.45) is 5.92 Å². The second-order valence-electron chi connectivity index (χ2n) is 7.68. The van der Waals surface area contributed by atoms with Gasteiger partial charge in [-0.15, -0.1) is 10.2 Å². The van der Waals surface area contributed by atoms with Crippen LogP contribution >= 0.6 is 0 Å². The number of aromatic nitrogens is 5. The van der Waals surface area contributed by atoms with Crippen molar-refractivity contribution in [2.75, 3.05) is 16.8 Å². The van der Waals surface area contributed by atoms with Crippen molar-refractivity contribution >= 4 is 23.5 Å². The van der Waals surface area contributed by atoms with Gasteiger partial charge in [-0.1, -0.05) is 6.92 Å². The minimum absolute atomic E-state index is 0.0219. The number of nitrogens with one attached hydrogen (secondary N) is 1. The summed E-state index contributed by atoms with van der Waals surface area (Å²) in [5.74, 6) is 0.384. The monoisotopic (exact) mass is 423 g/mol. The number of pyridine rings is 1. The number of hydrogen-bond donors (Lipinski definition) is 1. The molecule has 10 heteroatoms. The van der Waals surface area contributed by atoms with Gasteiger partial charge in [0.05, 0.1) is 17.6 Å². The first-order valence-corrected chi connectivity index (χ1v) is 9.98. The Kier molecular flexibility index (Phi) is 5.70. The maximum absolute atomic E-state index is 13.3. The number of carbonyl (C=O) groups excluding carboxylic acids is 2. The SMILES string of the molecule is Cc1cc2n(n1)CC(C)CN2C(=O)CCC(=O)Nc1ccc(-c2cncc(F)c2)nn1. The lowest BCUT2D eigenvalue weighted by Gasteiger charge is -2.31. The van der Waals surface area contributed by atoms with Crippen LogP contribution in [0.1, 0.15) is 25.5 Å². The molecule has 160 valence electrons. The molecule has 0 spiro atoms. The molecule has 1 atom stereocenters. The second kappa shape index (κ2) is 8.58. The molecular weight excluding hydrogens is 401 g/mol. The van der Waals surface area contributed by atoms with Crippen LogP contribution in [0.4, 0.5) is 16.0 Å². The molecule has 0 aromatic carbocycles. The van der Waals surface area contributed by atoms with Crippen LogP contribution in [-0.4, -0.2) is 43.3 Å². The van der Waals surface area contributed by atoms with Gasteiger partial charge in [0.1, 0.15) is 11.6 Å². The number of anilines is 2. The van der Waals surface area contributed by atoms with E-state index in [1.54, 1.807) is 17.0 Å². The largest absolute Gasteiger partial charge is 0.309 e. The molecule has 1 aliphatic heterocycles.